The van der Waals surface area contributed by atoms with E-state index in [9.17, 15) is 0 Å². The molecule has 0 atom stereocenters. The van der Waals surface area contributed by atoms with E-state index in [1.165, 1.54) is 32.1 Å². The maximum Gasteiger partial charge on any atom is 0.133 e. The van der Waals surface area contributed by atoms with Gasteiger partial charge in [-0.05, 0) is 38.3 Å². The van der Waals surface area contributed by atoms with E-state index in [1.807, 2.05) is 12.1 Å². The van der Waals surface area contributed by atoms with Gasteiger partial charge in [-0.2, -0.15) is 0 Å². The second-order valence-corrected chi connectivity index (χ2v) is 7.57. The van der Waals surface area contributed by atoms with Gasteiger partial charge in [0.1, 0.15) is 5.75 Å². The summed E-state index contributed by atoms with van der Waals surface area (Å²) in [6.45, 7) is 7.19. The van der Waals surface area contributed by atoms with Crippen LogP contribution in [0.2, 0.25) is 0 Å². The van der Waals surface area contributed by atoms with Crippen molar-refractivity contribution in [3.8, 4) is 5.75 Å². The molecule has 4 heteroatoms. The predicted molar refractivity (Wildman–Crippen MR) is 111 cm³/mol. The molecule has 27 heavy (non-hydrogen) atoms. The summed E-state index contributed by atoms with van der Waals surface area (Å²) >= 11 is 0. The molecule has 0 aliphatic heterocycles. The average Bonchev–Trinajstić information content (AvgIpc) is 2.71. The van der Waals surface area contributed by atoms with Gasteiger partial charge in [-0.15, -0.1) is 0 Å². The monoisotopic (exact) mass is 370 g/mol. The van der Waals surface area contributed by atoms with Crippen molar-refractivity contribution >= 4 is 10.9 Å². The third-order valence-electron chi connectivity index (χ3n) is 5.45. The molecule has 0 amide bonds. The molecule has 3 rings (SSSR count). The highest BCUT2D eigenvalue weighted by atomic mass is 16.5. The first-order valence-corrected chi connectivity index (χ1v) is 10.6. The zero-order valence-corrected chi connectivity index (χ0v) is 16.9. The zero-order valence-electron chi connectivity index (χ0n) is 16.9. The fourth-order valence-corrected chi connectivity index (χ4v) is 3.78. The van der Waals surface area contributed by atoms with E-state index in [0.717, 1.165) is 60.5 Å². The van der Waals surface area contributed by atoms with Crippen molar-refractivity contribution in [3.63, 3.8) is 0 Å². The predicted octanol–water partition coefficient (Wildman–Crippen LogP) is 5.16. The molecule has 1 aliphatic rings. The Morgan fingerprint density at radius 1 is 1.11 bits per heavy atom. The van der Waals surface area contributed by atoms with Crippen molar-refractivity contribution in [2.24, 2.45) is 0 Å². The van der Waals surface area contributed by atoms with E-state index in [-0.39, 0.29) is 0 Å². The van der Waals surface area contributed by atoms with Crippen LogP contribution in [0.5, 0.6) is 5.75 Å². The molecule has 1 fully saturated rings. The van der Waals surface area contributed by atoms with E-state index in [1.54, 1.807) is 0 Å². The molecule has 0 unspecified atom stereocenters. The van der Waals surface area contributed by atoms with Gasteiger partial charge in [-0.25, -0.2) is 4.98 Å². The molecule has 1 aromatic carbocycles. The number of unbranched alkanes of at least 4 members (excludes halogenated alkanes) is 1. The lowest BCUT2D eigenvalue weighted by Gasteiger charge is -2.22. The summed E-state index contributed by atoms with van der Waals surface area (Å²) in [5.41, 5.74) is 3.07. The molecule has 1 N–H and O–H groups in total. The van der Waals surface area contributed by atoms with Crippen molar-refractivity contribution in [2.45, 2.75) is 71.4 Å². The highest BCUT2D eigenvalue weighted by Gasteiger charge is 2.14. The molecule has 0 saturated heterocycles. The largest absolute Gasteiger partial charge is 0.493 e. The van der Waals surface area contributed by atoms with Crippen LogP contribution in [0.25, 0.3) is 10.9 Å². The Hall–Kier alpha value is -1.65. The van der Waals surface area contributed by atoms with Crippen LogP contribution in [0.15, 0.2) is 24.3 Å². The molecule has 2 aromatic rings. The number of aromatic nitrogens is 1. The molecular weight excluding hydrogens is 336 g/mol. The summed E-state index contributed by atoms with van der Waals surface area (Å²) in [5, 5.41) is 4.72. The Morgan fingerprint density at radius 3 is 2.74 bits per heavy atom. The summed E-state index contributed by atoms with van der Waals surface area (Å²) in [6, 6.07) is 8.90. The number of benzene rings is 1. The fraction of sp³-hybridized carbons (Fsp3) is 0.609. The number of fused-ring (bicyclic) bond motifs is 1. The lowest BCUT2D eigenvalue weighted by atomic mass is 9.96. The Bertz CT molecular complexity index is 711. The molecule has 148 valence electrons. The minimum atomic E-state index is 0.535. The van der Waals surface area contributed by atoms with Crippen LogP contribution in [0.3, 0.4) is 0 Å². The standard InChI is InChI=1S/C23H34N2O2/c1-3-4-15-27-23-18(2)22(25-21-13-9-8-12-20(21)23)17-26-16-14-24-19-10-6-5-7-11-19/h8-9,12-13,19,24H,3-7,10-11,14-17H2,1-2H3. The lowest BCUT2D eigenvalue weighted by molar-refractivity contribution is 0.116. The van der Waals surface area contributed by atoms with Crippen LogP contribution in [-0.4, -0.2) is 30.8 Å². The SMILES string of the molecule is CCCCOc1c(C)c(COCCNC2CCCCC2)nc2ccccc12. The van der Waals surface area contributed by atoms with Crippen molar-refractivity contribution in [1.29, 1.82) is 0 Å². The summed E-state index contributed by atoms with van der Waals surface area (Å²) in [4.78, 5) is 4.83. The molecule has 0 bridgehead atoms. The highest BCUT2D eigenvalue weighted by molar-refractivity contribution is 5.86. The summed E-state index contributed by atoms with van der Waals surface area (Å²) in [7, 11) is 0. The number of para-hydroxylation sites is 1. The maximum atomic E-state index is 6.13. The van der Waals surface area contributed by atoms with E-state index in [2.05, 4.69) is 31.3 Å². The van der Waals surface area contributed by atoms with Crippen molar-refractivity contribution < 1.29 is 9.47 Å². The average molecular weight is 371 g/mol. The maximum absolute atomic E-state index is 6.13. The number of hydrogen-bond donors (Lipinski definition) is 1. The Balaban J connectivity index is 1.58. The third-order valence-corrected chi connectivity index (χ3v) is 5.45. The van der Waals surface area contributed by atoms with Gasteiger partial charge in [-0.1, -0.05) is 44.7 Å². The summed E-state index contributed by atoms with van der Waals surface area (Å²) in [6.07, 6.45) is 8.93. The van der Waals surface area contributed by atoms with Gasteiger partial charge < -0.3 is 14.8 Å². The van der Waals surface area contributed by atoms with Gasteiger partial charge in [0, 0.05) is 23.5 Å². The van der Waals surface area contributed by atoms with E-state index < -0.39 is 0 Å². The van der Waals surface area contributed by atoms with Gasteiger partial charge in [0.25, 0.3) is 0 Å². The first-order chi connectivity index (χ1) is 13.3. The second kappa shape index (κ2) is 10.6. The van der Waals surface area contributed by atoms with Gasteiger partial charge in [0.05, 0.1) is 31.0 Å². The quantitative estimate of drug-likeness (QED) is 0.587. The number of ether oxygens (including phenoxy) is 2. The van der Waals surface area contributed by atoms with Crippen LogP contribution in [0.1, 0.15) is 63.1 Å². The topological polar surface area (TPSA) is 43.4 Å². The Labute approximate surface area is 163 Å². The third kappa shape index (κ3) is 5.66. The van der Waals surface area contributed by atoms with Crippen LogP contribution in [-0.2, 0) is 11.3 Å². The van der Waals surface area contributed by atoms with Crippen LogP contribution in [0, 0.1) is 6.92 Å². The number of hydrogen-bond acceptors (Lipinski definition) is 4. The van der Waals surface area contributed by atoms with Gasteiger partial charge >= 0.3 is 0 Å². The molecular formula is C23H34N2O2. The minimum Gasteiger partial charge on any atom is -0.493 e. The van der Waals surface area contributed by atoms with Crippen molar-refractivity contribution in [2.75, 3.05) is 19.8 Å². The first-order valence-electron chi connectivity index (χ1n) is 10.6. The minimum absolute atomic E-state index is 0.535. The van der Waals surface area contributed by atoms with E-state index in [0.29, 0.717) is 12.6 Å². The molecule has 1 aromatic heterocycles. The normalized spacial score (nSPS) is 15.3. The van der Waals surface area contributed by atoms with Gasteiger partial charge in [-0.3, -0.25) is 0 Å². The van der Waals surface area contributed by atoms with Crippen LogP contribution in [0.4, 0.5) is 0 Å². The van der Waals surface area contributed by atoms with Crippen molar-refractivity contribution in [1.82, 2.24) is 10.3 Å². The molecule has 1 saturated carbocycles. The molecule has 0 spiro atoms. The van der Waals surface area contributed by atoms with Gasteiger partial charge in [0.15, 0.2) is 0 Å². The second-order valence-electron chi connectivity index (χ2n) is 7.57. The Kier molecular flexibility index (Phi) is 7.91. The molecule has 1 aliphatic carbocycles. The van der Waals surface area contributed by atoms with Crippen LogP contribution < -0.4 is 10.1 Å². The number of rotatable bonds is 10. The van der Waals surface area contributed by atoms with Crippen LogP contribution >= 0.6 is 0 Å². The Morgan fingerprint density at radius 2 is 1.93 bits per heavy atom. The highest BCUT2D eigenvalue weighted by Crippen LogP contribution is 2.31. The van der Waals surface area contributed by atoms with Gasteiger partial charge in [0.2, 0.25) is 0 Å². The fourth-order valence-electron chi connectivity index (χ4n) is 3.78. The summed E-state index contributed by atoms with van der Waals surface area (Å²) in [5.74, 6) is 0.966. The number of nitrogens with one attached hydrogen (secondary N) is 1. The van der Waals surface area contributed by atoms with E-state index in [4.69, 9.17) is 14.5 Å². The lowest BCUT2D eigenvalue weighted by Crippen LogP contribution is -2.33. The molecule has 4 nitrogen and oxygen atoms in total. The number of pyridine rings is 1. The van der Waals surface area contributed by atoms with Crippen molar-refractivity contribution in [3.05, 3.63) is 35.5 Å². The smallest absolute Gasteiger partial charge is 0.133 e. The number of nitrogens with zero attached hydrogens (tertiary/aromatic N) is 1. The zero-order chi connectivity index (χ0) is 18.9. The molecule has 0 radical (unpaired) electrons. The first kappa shape index (κ1) is 20.1. The van der Waals surface area contributed by atoms with E-state index >= 15 is 0 Å². The molecule has 1 heterocycles. The summed E-state index contributed by atoms with van der Waals surface area (Å²) < 4.78 is 12.1.